The lowest BCUT2D eigenvalue weighted by atomic mass is 10.1. The van der Waals surface area contributed by atoms with E-state index in [1.807, 2.05) is 18.2 Å². The zero-order valence-electron chi connectivity index (χ0n) is 7.84. The van der Waals surface area contributed by atoms with Crippen molar-refractivity contribution in [3.05, 3.63) is 57.8 Å². The van der Waals surface area contributed by atoms with E-state index in [-0.39, 0.29) is 5.78 Å². The van der Waals surface area contributed by atoms with Crippen molar-refractivity contribution in [3.8, 4) is 0 Å². The molecule has 1 aromatic carbocycles. The van der Waals surface area contributed by atoms with Crippen LogP contribution in [0.1, 0.15) is 25.6 Å². The lowest BCUT2D eigenvalue weighted by Gasteiger charge is -1.96. The zero-order chi connectivity index (χ0) is 10.7. The number of aldehydes is 1. The highest BCUT2D eigenvalue weighted by Crippen LogP contribution is 2.16. The number of carbonyl (C=O) groups is 2. The maximum Gasteiger partial charge on any atom is 0.193 e. The first-order valence-corrected chi connectivity index (χ1v) is 5.32. The summed E-state index contributed by atoms with van der Waals surface area (Å²) in [6, 6.07) is 10.6. The first-order chi connectivity index (χ1) is 7.31. The molecule has 74 valence electrons. The van der Waals surface area contributed by atoms with Crippen molar-refractivity contribution in [3.63, 3.8) is 0 Å². The summed E-state index contributed by atoms with van der Waals surface area (Å²) < 4.78 is 0. The summed E-state index contributed by atoms with van der Waals surface area (Å²) in [5.74, 6) is -0.0417. The molecule has 3 heteroatoms. The normalized spacial score (nSPS) is 9.87. The molecule has 0 aliphatic carbocycles. The van der Waals surface area contributed by atoms with Crippen LogP contribution >= 0.6 is 11.3 Å². The molecule has 0 saturated heterocycles. The zero-order valence-corrected chi connectivity index (χ0v) is 8.66. The number of carbonyl (C=O) groups excluding carboxylic acids is 2. The van der Waals surface area contributed by atoms with E-state index in [4.69, 9.17) is 0 Å². The molecule has 2 aromatic rings. The van der Waals surface area contributed by atoms with Gasteiger partial charge >= 0.3 is 0 Å². The molecule has 2 nitrogen and oxygen atoms in total. The molecule has 15 heavy (non-hydrogen) atoms. The third-order valence-corrected chi connectivity index (χ3v) is 2.89. The van der Waals surface area contributed by atoms with Crippen molar-refractivity contribution in [2.24, 2.45) is 0 Å². The predicted octanol–water partition coefficient (Wildman–Crippen LogP) is 2.79. The minimum atomic E-state index is -0.0417. The van der Waals surface area contributed by atoms with Gasteiger partial charge in [-0.1, -0.05) is 30.3 Å². The third-order valence-electron chi connectivity index (χ3n) is 2.03. The van der Waals surface area contributed by atoms with Gasteiger partial charge in [0.15, 0.2) is 12.1 Å². The average Bonchev–Trinajstić information content (AvgIpc) is 2.78. The summed E-state index contributed by atoms with van der Waals surface area (Å²) in [5, 5.41) is 1.71. The highest BCUT2D eigenvalue weighted by molar-refractivity contribution is 7.12. The number of benzene rings is 1. The molecular weight excluding hydrogens is 208 g/mol. The SMILES string of the molecule is O=Cc1cc(C(=O)c2ccccc2)cs1. The van der Waals surface area contributed by atoms with E-state index >= 15 is 0 Å². The molecule has 0 bridgehead atoms. The van der Waals surface area contributed by atoms with Gasteiger partial charge in [0.05, 0.1) is 4.88 Å². The van der Waals surface area contributed by atoms with Gasteiger partial charge in [0.1, 0.15) is 0 Å². The molecule has 0 fully saturated rings. The molecule has 0 radical (unpaired) electrons. The number of thiophene rings is 1. The Morgan fingerprint density at radius 2 is 1.87 bits per heavy atom. The Bertz CT molecular complexity index is 485. The summed E-state index contributed by atoms with van der Waals surface area (Å²) in [7, 11) is 0. The lowest BCUT2D eigenvalue weighted by molar-refractivity contribution is 0.103. The maximum absolute atomic E-state index is 11.9. The Morgan fingerprint density at radius 3 is 2.47 bits per heavy atom. The fourth-order valence-electron chi connectivity index (χ4n) is 1.29. The summed E-state index contributed by atoms with van der Waals surface area (Å²) in [6.07, 6.45) is 0.756. The number of hydrogen-bond acceptors (Lipinski definition) is 3. The summed E-state index contributed by atoms with van der Waals surface area (Å²) in [6.45, 7) is 0. The van der Waals surface area contributed by atoms with Gasteiger partial charge < -0.3 is 0 Å². The van der Waals surface area contributed by atoms with Crippen molar-refractivity contribution in [1.29, 1.82) is 0 Å². The van der Waals surface area contributed by atoms with Crippen LogP contribution in [0.25, 0.3) is 0 Å². The quantitative estimate of drug-likeness (QED) is 0.584. The van der Waals surface area contributed by atoms with Crippen molar-refractivity contribution < 1.29 is 9.59 Å². The van der Waals surface area contributed by atoms with Crippen LogP contribution in [0.2, 0.25) is 0 Å². The molecule has 0 spiro atoms. The smallest absolute Gasteiger partial charge is 0.193 e. The number of hydrogen-bond donors (Lipinski definition) is 0. The predicted molar refractivity (Wildman–Crippen MR) is 59.6 cm³/mol. The number of ketones is 1. The van der Waals surface area contributed by atoms with Crippen molar-refractivity contribution in [2.45, 2.75) is 0 Å². The van der Waals surface area contributed by atoms with Crippen LogP contribution < -0.4 is 0 Å². The fourth-order valence-corrected chi connectivity index (χ4v) is 1.98. The largest absolute Gasteiger partial charge is 0.297 e. The highest BCUT2D eigenvalue weighted by atomic mass is 32.1. The van der Waals surface area contributed by atoms with E-state index in [1.54, 1.807) is 23.6 Å². The minimum absolute atomic E-state index is 0.0417. The molecule has 2 rings (SSSR count). The van der Waals surface area contributed by atoms with Gasteiger partial charge in [-0.25, -0.2) is 0 Å². The van der Waals surface area contributed by atoms with Crippen molar-refractivity contribution in [2.75, 3.05) is 0 Å². The van der Waals surface area contributed by atoms with Gasteiger partial charge in [-0.15, -0.1) is 11.3 Å². The first-order valence-electron chi connectivity index (χ1n) is 4.45. The van der Waals surface area contributed by atoms with Gasteiger partial charge in [-0.3, -0.25) is 9.59 Å². The molecular formula is C12H8O2S. The van der Waals surface area contributed by atoms with Gasteiger partial charge in [0.2, 0.25) is 0 Å². The van der Waals surface area contributed by atoms with E-state index in [0.717, 1.165) is 6.29 Å². The van der Waals surface area contributed by atoms with Crippen LogP contribution in [-0.2, 0) is 0 Å². The Hall–Kier alpha value is -1.74. The average molecular weight is 216 g/mol. The molecule has 0 aliphatic rings. The molecule has 0 N–H and O–H groups in total. The van der Waals surface area contributed by atoms with E-state index in [9.17, 15) is 9.59 Å². The molecule has 0 amide bonds. The number of rotatable bonds is 3. The molecule has 0 unspecified atom stereocenters. The van der Waals surface area contributed by atoms with E-state index < -0.39 is 0 Å². The lowest BCUT2D eigenvalue weighted by Crippen LogP contribution is -1.98. The second-order valence-electron chi connectivity index (χ2n) is 3.05. The Morgan fingerprint density at radius 1 is 1.13 bits per heavy atom. The van der Waals surface area contributed by atoms with Crippen LogP contribution in [0.5, 0.6) is 0 Å². The second kappa shape index (κ2) is 4.19. The van der Waals surface area contributed by atoms with Gasteiger partial charge in [-0.05, 0) is 6.07 Å². The van der Waals surface area contributed by atoms with Gasteiger partial charge in [-0.2, -0.15) is 0 Å². The summed E-state index contributed by atoms with van der Waals surface area (Å²) >= 11 is 1.28. The van der Waals surface area contributed by atoms with Crippen LogP contribution in [0.3, 0.4) is 0 Å². The van der Waals surface area contributed by atoms with Crippen molar-refractivity contribution >= 4 is 23.4 Å². The monoisotopic (exact) mass is 216 g/mol. The van der Waals surface area contributed by atoms with Gasteiger partial charge in [0.25, 0.3) is 0 Å². The van der Waals surface area contributed by atoms with E-state index in [0.29, 0.717) is 16.0 Å². The third kappa shape index (κ3) is 2.02. The first kappa shape index (κ1) is 9.80. The summed E-state index contributed by atoms with van der Waals surface area (Å²) in [4.78, 5) is 22.9. The van der Waals surface area contributed by atoms with Crippen molar-refractivity contribution in [1.82, 2.24) is 0 Å². The highest BCUT2D eigenvalue weighted by Gasteiger charge is 2.10. The minimum Gasteiger partial charge on any atom is -0.297 e. The van der Waals surface area contributed by atoms with Crippen LogP contribution in [0.4, 0.5) is 0 Å². The van der Waals surface area contributed by atoms with Crippen LogP contribution in [0.15, 0.2) is 41.8 Å². The Kier molecular flexibility index (Phi) is 2.74. The van der Waals surface area contributed by atoms with E-state index in [2.05, 4.69) is 0 Å². The van der Waals surface area contributed by atoms with Crippen LogP contribution in [0, 0.1) is 0 Å². The molecule has 0 saturated carbocycles. The second-order valence-corrected chi connectivity index (χ2v) is 3.99. The topological polar surface area (TPSA) is 34.1 Å². The maximum atomic E-state index is 11.9. The Labute approximate surface area is 91.2 Å². The molecule has 1 heterocycles. The van der Waals surface area contributed by atoms with Crippen LogP contribution in [-0.4, -0.2) is 12.1 Å². The molecule has 0 atom stereocenters. The van der Waals surface area contributed by atoms with Gasteiger partial charge in [0, 0.05) is 16.5 Å². The fraction of sp³-hybridized carbons (Fsp3) is 0. The summed E-state index contributed by atoms with van der Waals surface area (Å²) in [5.41, 5.74) is 1.22. The molecule has 0 aliphatic heterocycles. The standard InChI is InChI=1S/C12H8O2S/c13-7-11-6-10(8-15-11)12(14)9-4-2-1-3-5-9/h1-8H. The van der Waals surface area contributed by atoms with E-state index in [1.165, 1.54) is 11.3 Å². The molecule has 1 aromatic heterocycles. The Balaban J connectivity index is 2.32.